The van der Waals surface area contributed by atoms with Crippen LogP contribution in [0.25, 0.3) is 0 Å². The predicted molar refractivity (Wildman–Crippen MR) is 95.2 cm³/mol. The van der Waals surface area contributed by atoms with Crippen LogP contribution in [0.15, 0.2) is 60.4 Å². The minimum atomic E-state index is 0.699. The highest BCUT2D eigenvalue weighted by molar-refractivity contribution is 6.03. The summed E-state index contributed by atoms with van der Waals surface area (Å²) in [5.74, 6) is 2.51. The lowest BCUT2D eigenvalue weighted by Gasteiger charge is -2.36. The molecule has 1 aromatic heterocycles. The summed E-state index contributed by atoms with van der Waals surface area (Å²) in [6, 6.07) is 9.97. The Morgan fingerprint density at radius 1 is 1.08 bits per heavy atom. The Bertz CT molecular complexity index is 778. The minimum absolute atomic E-state index is 0.699. The lowest BCUT2D eigenvalue weighted by molar-refractivity contribution is 0.198. The average Bonchev–Trinajstić information content (AvgIpc) is 2.79. The summed E-state index contributed by atoms with van der Waals surface area (Å²) in [5.41, 5.74) is 1.86. The Kier molecular flexibility index (Phi) is 4.01. The van der Waals surface area contributed by atoms with Crippen LogP contribution in [0.1, 0.15) is 5.56 Å². The first-order valence-electron chi connectivity index (χ1n) is 8.23. The van der Waals surface area contributed by atoms with Crippen LogP contribution in [-0.2, 0) is 0 Å². The molecule has 0 radical (unpaired) electrons. The zero-order valence-corrected chi connectivity index (χ0v) is 13.6. The third-order valence-corrected chi connectivity index (χ3v) is 4.40. The van der Waals surface area contributed by atoms with Crippen molar-refractivity contribution in [3.8, 4) is 11.5 Å². The lowest BCUT2D eigenvalue weighted by Crippen LogP contribution is -2.48. The molecule has 122 valence electrons. The van der Waals surface area contributed by atoms with Gasteiger partial charge >= 0.3 is 0 Å². The van der Waals surface area contributed by atoms with Gasteiger partial charge in [0.2, 0.25) is 0 Å². The number of benzene rings is 1. The Morgan fingerprint density at radius 2 is 1.92 bits per heavy atom. The monoisotopic (exact) mass is 320 g/mol. The molecule has 0 aliphatic carbocycles. The van der Waals surface area contributed by atoms with Crippen LogP contribution in [0.2, 0.25) is 0 Å². The topological polar surface area (TPSA) is 41.0 Å². The van der Waals surface area contributed by atoms with E-state index in [-0.39, 0.29) is 0 Å². The van der Waals surface area contributed by atoms with Crippen molar-refractivity contribution in [1.82, 2.24) is 14.8 Å². The number of para-hydroxylation sites is 1. The van der Waals surface area contributed by atoms with Gasteiger partial charge in [-0.05, 0) is 18.2 Å². The molecule has 0 N–H and O–H groups in total. The highest BCUT2D eigenvalue weighted by atomic mass is 16.5. The third kappa shape index (κ3) is 2.78. The summed E-state index contributed by atoms with van der Waals surface area (Å²) in [6.45, 7) is 8.68. The van der Waals surface area contributed by atoms with Gasteiger partial charge in [0.15, 0.2) is 5.75 Å². The molecule has 5 nitrogen and oxygen atoms in total. The normalized spacial score (nSPS) is 17.2. The molecule has 2 aliphatic rings. The molecule has 0 spiro atoms. The van der Waals surface area contributed by atoms with Crippen molar-refractivity contribution in [1.29, 1.82) is 0 Å². The first-order valence-corrected chi connectivity index (χ1v) is 8.23. The standard InChI is InChI=1S/C19H20N4O/c1-2-9-22-10-12-23(13-11-22)19-15-5-3-4-6-17(15)24-18-14-20-8-7-16(18)21-19/h2-8,14H,1,9-13H2. The molecule has 1 fully saturated rings. The molecule has 2 aromatic rings. The second-order valence-electron chi connectivity index (χ2n) is 5.95. The molecule has 24 heavy (non-hydrogen) atoms. The number of aromatic nitrogens is 1. The SMILES string of the molecule is C=CCN1CCN(C2=Nc3ccncc3Oc3ccccc32)CC1. The molecule has 3 heterocycles. The van der Waals surface area contributed by atoms with Crippen LogP contribution in [-0.4, -0.2) is 53.3 Å². The van der Waals surface area contributed by atoms with Crippen LogP contribution >= 0.6 is 0 Å². The zero-order valence-electron chi connectivity index (χ0n) is 13.6. The van der Waals surface area contributed by atoms with E-state index < -0.39 is 0 Å². The molecular weight excluding hydrogens is 300 g/mol. The number of hydrogen-bond acceptors (Lipinski definition) is 5. The van der Waals surface area contributed by atoms with E-state index >= 15 is 0 Å². The summed E-state index contributed by atoms with van der Waals surface area (Å²) >= 11 is 0. The van der Waals surface area contributed by atoms with Gasteiger partial charge in [-0.2, -0.15) is 0 Å². The number of nitrogens with zero attached hydrogens (tertiary/aromatic N) is 4. The van der Waals surface area contributed by atoms with E-state index in [2.05, 4.69) is 27.4 Å². The van der Waals surface area contributed by atoms with Crippen molar-refractivity contribution < 1.29 is 4.74 Å². The molecule has 1 saturated heterocycles. The van der Waals surface area contributed by atoms with Crippen molar-refractivity contribution in [2.24, 2.45) is 4.99 Å². The fraction of sp³-hybridized carbons (Fsp3) is 0.263. The Morgan fingerprint density at radius 3 is 2.75 bits per heavy atom. The van der Waals surface area contributed by atoms with E-state index in [9.17, 15) is 0 Å². The van der Waals surface area contributed by atoms with Crippen molar-refractivity contribution in [3.05, 3.63) is 60.9 Å². The van der Waals surface area contributed by atoms with Gasteiger partial charge in [0, 0.05) is 38.9 Å². The maximum atomic E-state index is 6.06. The fourth-order valence-electron chi connectivity index (χ4n) is 3.14. The van der Waals surface area contributed by atoms with E-state index in [0.717, 1.165) is 55.6 Å². The van der Waals surface area contributed by atoms with E-state index in [4.69, 9.17) is 9.73 Å². The quantitative estimate of drug-likeness (QED) is 0.798. The van der Waals surface area contributed by atoms with Gasteiger partial charge in [0.25, 0.3) is 0 Å². The van der Waals surface area contributed by atoms with E-state index in [1.807, 2.05) is 30.3 Å². The number of aliphatic imine (C=N–C) groups is 1. The lowest BCUT2D eigenvalue weighted by atomic mass is 10.1. The average molecular weight is 320 g/mol. The minimum Gasteiger partial charge on any atom is -0.453 e. The summed E-state index contributed by atoms with van der Waals surface area (Å²) < 4.78 is 6.06. The highest BCUT2D eigenvalue weighted by Crippen LogP contribution is 2.37. The van der Waals surface area contributed by atoms with Crippen LogP contribution in [0.4, 0.5) is 5.69 Å². The van der Waals surface area contributed by atoms with Gasteiger partial charge in [0.1, 0.15) is 17.3 Å². The predicted octanol–water partition coefficient (Wildman–Crippen LogP) is 3.07. The molecule has 0 unspecified atom stereocenters. The van der Waals surface area contributed by atoms with Crippen LogP contribution in [0, 0.1) is 0 Å². The molecule has 5 heteroatoms. The maximum absolute atomic E-state index is 6.06. The van der Waals surface area contributed by atoms with E-state index in [1.165, 1.54) is 0 Å². The van der Waals surface area contributed by atoms with Crippen molar-refractivity contribution in [3.63, 3.8) is 0 Å². The summed E-state index contributed by atoms with van der Waals surface area (Å²) in [7, 11) is 0. The molecule has 0 amide bonds. The van der Waals surface area contributed by atoms with E-state index in [1.54, 1.807) is 12.4 Å². The molecule has 0 saturated carbocycles. The number of rotatable bonds is 2. The zero-order chi connectivity index (χ0) is 16.4. The second kappa shape index (κ2) is 6.45. The van der Waals surface area contributed by atoms with Crippen molar-refractivity contribution >= 4 is 11.5 Å². The number of pyridine rings is 1. The number of amidine groups is 1. The van der Waals surface area contributed by atoms with Gasteiger partial charge in [-0.15, -0.1) is 6.58 Å². The summed E-state index contributed by atoms with van der Waals surface area (Å²) in [6.07, 6.45) is 5.44. The smallest absolute Gasteiger partial charge is 0.171 e. The number of fused-ring (bicyclic) bond motifs is 2. The first kappa shape index (κ1) is 14.9. The molecule has 0 atom stereocenters. The number of ether oxygens (including phenoxy) is 1. The highest BCUT2D eigenvalue weighted by Gasteiger charge is 2.25. The van der Waals surface area contributed by atoms with Gasteiger partial charge in [0.05, 0.1) is 11.8 Å². The van der Waals surface area contributed by atoms with Crippen LogP contribution in [0.5, 0.6) is 11.5 Å². The van der Waals surface area contributed by atoms with Gasteiger partial charge in [-0.25, -0.2) is 4.99 Å². The Hall–Kier alpha value is -2.66. The second-order valence-corrected chi connectivity index (χ2v) is 5.95. The van der Waals surface area contributed by atoms with Crippen molar-refractivity contribution in [2.45, 2.75) is 0 Å². The Labute approximate surface area is 141 Å². The van der Waals surface area contributed by atoms with Gasteiger partial charge < -0.3 is 9.64 Å². The molecule has 0 bridgehead atoms. The fourth-order valence-corrected chi connectivity index (χ4v) is 3.14. The summed E-state index contributed by atoms with van der Waals surface area (Å²) in [4.78, 5) is 13.8. The van der Waals surface area contributed by atoms with Crippen LogP contribution in [0.3, 0.4) is 0 Å². The third-order valence-electron chi connectivity index (χ3n) is 4.40. The number of hydrogen-bond donors (Lipinski definition) is 0. The first-order chi connectivity index (χ1) is 11.8. The van der Waals surface area contributed by atoms with E-state index in [0.29, 0.717) is 5.75 Å². The number of piperazine rings is 1. The largest absolute Gasteiger partial charge is 0.453 e. The summed E-state index contributed by atoms with van der Waals surface area (Å²) in [5, 5.41) is 0. The molecule has 4 rings (SSSR count). The Balaban J connectivity index is 1.70. The maximum Gasteiger partial charge on any atom is 0.171 e. The van der Waals surface area contributed by atoms with Crippen LogP contribution < -0.4 is 4.74 Å². The van der Waals surface area contributed by atoms with Gasteiger partial charge in [-0.1, -0.05) is 18.2 Å². The van der Waals surface area contributed by atoms with Gasteiger partial charge in [-0.3, -0.25) is 9.88 Å². The molecule has 2 aliphatic heterocycles. The van der Waals surface area contributed by atoms with Crippen molar-refractivity contribution in [2.75, 3.05) is 32.7 Å². The molecule has 1 aromatic carbocycles. The molecular formula is C19H20N4O.